The molecule has 0 aliphatic rings. The van der Waals surface area contributed by atoms with Crippen LogP contribution in [0.4, 0.5) is 13.2 Å². The summed E-state index contributed by atoms with van der Waals surface area (Å²) in [6.07, 6.45) is -4.83. The minimum Gasteiger partial charge on any atom is -0.310 e. The smallest absolute Gasteiger partial charge is 0.310 e. The highest BCUT2D eigenvalue weighted by Crippen LogP contribution is 2.31. The molecule has 0 fully saturated rings. The van der Waals surface area contributed by atoms with Crippen molar-refractivity contribution in [2.45, 2.75) is 32.0 Å². The van der Waals surface area contributed by atoms with E-state index in [0.29, 0.717) is 6.54 Å². The van der Waals surface area contributed by atoms with Crippen LogP contribution in [0.2, 0.25) is 0 Å². The van der Waals surface area contributed by atoms with Gasteiger partial charge in [0.1, 0.15) is 0 Å². The normalized spacial score (nSPS) is 13.7. The molecular weight excluding hydrogens is 422 g/mol. The van der Waals surface area contributed by atoms with Crippen LogP contribution in [0.5, 0.6) is 0 Å². The summed E-state index contributed by atoms with van der Waals surface area (Å²) in [6, 6.07) is 5.42. The zero-order valence-corrected chi connectivity index (χ0v) is 13.6. The van der Waals surface area contributed by atoms with E-state index in [4.69, 9.17) is 0 Å². The van der Waals surface area contributed by atoms with Crippen molar-refractivity contribution in [1.29, 1.82) is 0 Å². The summed E-state index contributed by atoms with van der Waals surface area (Å²) in [4.78, 5) is 0. The molecule has 0 aliphatic carbocycles. The third-order valence-electron chi connectivity index (χ3n) is 2.50. The zero-order chi connectivity index (χ0) is 13.8. The van der Waals surface area contributed by atoms with E-state index in [1.165, 1.54) is 0 Å². The molecule has 0 aromatic heterocycles. The molecule has 1 rings (SSSR count). The molecule has 1 nitrogen and oxygen atoms in total. The van der Waals surface area contributed by atoms with Crippen LogP contribution >= 0.6 is 38.5 Å². The number of hydrogen-bond donors (Lipinski definition) is 1. The van der Waals surface area contributed by atoms with E-state index in [-0.39, 0.29) is 12.5 Å². The van der Waals surface area contributed by atoms with Gasteiger partial charge in [0.15, 0.2) is 0 Å². The van der Waals surface area contributed by atoms with E-state index >= 15 is 0 Å². The Morgan fingerprint density at radius 1 is 1.39 bits per heavy atom. The van der Waals surface area contributed by atoms with Gasteiger partial charge < -0.3 is 5.32 Å². The fraction of sp³-hybridized carbons (Fsp3) is 0.500. The number of benzene rings is 1. The summed E-state index contributed by atoms with van der Waals surface area (Å²) in [5.41, 5.74) is 0.882. The number of alkyl halides is 3. The molecule has 1 unspecified atom stereocenters. The maximum Gasteiger partial charge on any atom is 0.389 e. The lowest BCUT2D eigenvalue weighted by molar-refractivity contribution is -0.136. The van der Waals surface area contributed by atoms with Crippen molar-refractivity contribution in [2.24, 2.45) is 0 Å². The van der Waals surface area contributed by atoms with Crippen molar-refractivity contribution in [3.05, 3.63) is 31.8 Å². The Labute approximate surface area is 127 Å². The average Bonchev–Trinajstić information content (AvgIpc) is 2.26. The minimum absolute atomic E-state index is 0.0516. The fourth-order valence-electron chi connectivity index (χ4n) is 1.70. The van der Waals surface area contributed by atoms with Gasteiger partial charge in [0.25, 0.3) is 0 Å². The second-order valence-electron chi connectivity index (χ2n) is 3.93. The highest BCUT2D eigenvalue weighted by Gasteiger charge is 2.29. The maximum atomic E-state index is 12.3. The Balaban J connectivity index is 2.86. The van der Waals surface area contributed by atoms with Gasteiger partial charge in [0.2, 0.25) is 0 Å². The third-order valence-corrected chi connectivity index (χ3v) is 3.89. The van der Waals surface area contributed by atoms with Gasteiger partial charge in [0.05, 0.1) is 0 Å². The van der Waals surface area contributed by atoms with Gasteiger partial charge in [-0.2, -0.15) is 13.2 Å². The molecule has 1 aromatic rings. The van der Waals surface area contributed by atoms with Gasteiger partial charge >= 0.3 is 6.18 Å². The standard InChI is InChI=1S/C12H14BrF3IN/c1-2-18-11(5-6-12(14,15)16)9-7-8(17)3-4-10(9)13/h3-4,7,11,18H,2,5-6H2,1H3. The summed E-state index contributed by atoms with van der Waals surface area (Å²) < 4.78 is 38.8. The Bertz CT molecular complexity index is 395. The second-order valence-corrected chi connectivity index (χ2v) is 6.03. The van der Waals surface area contributed by atoms with Gasteiger partial charge in [-0.1, -0.05) is 22.9 Å². The van der Waals surface area contributed by atoms with Gasteiger partial charge in [-0.15, -0.1) is 0 Å². The molecule has 0 spiro atoms. The summed E-state index contributed by atoms with van der Waals surface area (Å²) in [6.45, 7) is 2.53. The van der Waals surface area contributed by atoms with Crippen LogP contribution in [0.1, 0.15) is 31.4 Å². The number of rotatable bonds is 5. The van der Waals surface area contributed by atoms with Crippen LogP contribution in [0.3, 0.4) is 0 Å². The number of hydrogen-bond acceptors (Lipinski definition) is 1. The van der Waals surface area contributed by atoms with Crippen LogP contribution in [0, 0.1) is 3.57 Å². The third kappa shape index (κ3) is 5.44. The van der Waals surface area contributed by atoms with Gasteiger partial charge in [0, 0.05) is 20.5 Å². The summed E-state index contributed by atoms with van der Waals surface area (Å²) in [7, 11) is 0. The molecule has 0 amide bonds. The van der Waals surface area contributed by atoms with Crippen LogP contribution in [-0.2, 0) is 0 Å². The van der Waals surface area contributed by atoms with Gasteiger partial charge in [-0.3, -0.25) is 0 Å². The van der Waals surface area contributed by atoms with Crippen molar-refractivity contribution in [1.82, 2.24) is 5.32 Å². The molecule has 0 radical (unpaired) electrons. The van der Waals surface area contributed by atoms with E-state index in [9.17, 15) is 13.2 Å². The molecule has 0 bridgehead atoms. The van der Waals surface area contributed by atoms with Crippen LogP contribution in [0.25, 0.3) is 0 Å². The van der Waals surface area contributed by atoms with Crippen LogP contribution < -0.4 is 5.32 Å². The fourth-order valence-corrected chi connectivity index (χ4v) is 2.74. The molecule has 0 saturated carbocycles. The molecule has 1 atom stereocenters. The minimum atomic E-state index is -4.11. The summed E-state index contributed by atoms with van der Waals surface area (Å²) in [5, 5.41) is 3.11. The first kappa shape index (κ1) is 16.2. The SMILES string of the molecule is CCNC(CCC(F)(F)F)c1cc(I)ccc1Br. The highest BCUT2D eigenvalue weighted by atomic mass is 127. The first-order chi connectivity index (χ1) is 8.33. The van der Waals surface area contributed by atoms with Gasteiger partial charge in [-0.05, 0) is 59.3 Å². The second kappa shape index (κ2) is 7.09. The summed E-state index contributed by atoms with van der Waals surface area (Å²) in [5.74, 6) is 0. The monoisotopic (exact) mass is 435 g/mol. The van der Waals surface area contributed by atoms with E-state index < -0.39 is 12.6 Å². The molecule has 1 aromatic carbocycles. The van der Waals surface area contributed by atoms with Crippen molar-refractivity contribution >= 4 is 38.5 Å². The predicted octanol–water partition coefficient (Wildman–Crippen LogP) is 5.05. The van der Waals surface area contributed by atoms with Crippen molar-refractivity contribution in [2.75, 3.05) is 6.54 Å². The lowest BCUT2D eigenvalue weighted by atomic mass is 10.0. The van der Waals surface area contributed by atoms with Crippen LogP contribution in [0.15, 0.2) is 22.7 Å². The Kier molecular flexibility index (Phi) is 6.40. The average molecular weight is 436 g/mol. The lowest BCUT2D eigenvalue weighted by Crippen LogP contribution is -2.23. The quantitative estimate of drug-likeness (QED) is 0.638. The zero-order valence-electron chi connectivity index (χ0n) is 9.82. The van der Waals surface area contributed by atoms with Crippen molar-refractivity contribution in [3.8, 4) is 0 Å². The molecule has 0 heterocycles. The predicted molar refractivity (Wildman–Crippen MR) is 78.6 cm³/mol. The first-order valence-electron chi connectivity index (χ1n) is 5.58. The number of halogens is 5. The molecule has 102 valence electrons. The first-order valence-corrected chi connectivity index (χ1v) is 7.45. The van der Waals surface area contributed by atoms with E-state index in [0.717, 1.165) is 13.6 Å². The van der Waals surface area contributed by atoms with Gasteiger partial charge in [-0.25, -0.2) is 0 Å². The molecular formula is C12H14BrF3IN. The highest BCUT2D eigenvalue weighted by molar-refractivity contribution is 14.1. The molecule has 6 heteroatoms. The maximum absolute atomic E-state index is 12.3. The Morgan fingerprint density at radius 2 is 2.06 bits per heavy atom. The van der Waals surface area contributed by atoms with E-state index in [1.807, 2.05) is 25.1 Å². The Morgan fingerprint density at radius 3 is 2.61 bits per heavy atom. The lowest BCUT2D eigenvalue weighted by Gasteiger charge is -2.20. The molecule has 0 aliphatic heterocycles. The van der Waals surface area contributed by atoms with Crippen LogP contribution in [-0.4, -0.2) is 12.7 Å². The Hall–Kier alpha value is 0.180. The van der Waals surface area contributed by atoms with Crippen molar-refractivity contribution in [3.63, 3.8) is 0 Å². The summed E-state index contributed by atoms with van der Waals surface area (Å²) >= 11 is 5.55. The van der Waals surface area contributed by atoms with E-state index in [1.54, 1.807) is 0 Å². The molecule has 0 saturated heterocycles. The van der Waals surface area contributed by atoms with E-state index in [2.05, 4.69) is 43.8 Å². The molecule has 18 heavy (non-hydrogen) atoms. The van der Waals surface area contributed by atoms with Crippen molar-refractivity contribution < 1.29 is 13.2 Å². The topological polar surface area (TPSA) is 12.0 Å². The number of nitrogens with one attached hydrogen (secondary N) is 1. The largest absolute Gasteiger partial charge is 0.389 e. The molecule has 1 N–H and O–H groups in total.